The predicted octanol–water partition coefficient (Wildman–Crippen LogP) is -0.257. The second kappa shape index (κ2) is 4.54. The normalized spacial score (nSPS) is 9.80. The lowest BCUT2D eigenvalue weighted by Crippen LogP contribution is -2.18. The highest BCUT2D eigenvalue weighted by molar-refractivity contribution is 5.71. The van der Waals surface area contributed by atoms with Crippen molar-refractivity contribution in [2.75, 3.05) is 30.9 Å². The number of nitrogens with zero attached hydrogens (tertiary/aromatic N) is 4. The van der Waals surface area contributed by atoms with Gasteiger partial charge >= 0.3 is 5.97 Å². The zero-order valence-corrected chi connectivity index (χ0v) is 8.85. The second-order valence-electron chi connectivity index (χ2n) is 3.15. The third kappa shape index (κ3) is 3.37. The van der Waals surface area contributed by atoms with Crippen LogP contribution in [0.2, 0.25) is 0 Å². The van der Waals surface area contributed by atoms with E-state index in [1.165, 1.54) is 0 Å². The molecule has 1 rings (SSSR count). The van der Waals surface area contributed by atoms with Crippen LogP contribution in [0.1, 0.15) is 5.82 Å². The Balaban J connectivity index is 2.84. The molecule has 15 heavy (non-hydrogen) atoms. The van der Waals surface area contributed by atoms with Gasteiger partial charge in [-0.1, -0.05) is 0 Å². The number of aromatic nitrogens is 3. The lowest BCUT2D eigenvalue weighted by molar-refractivity contribution is -0.134. The summed E-state index contributed by atoms with van der Waals surface area (Å²) in [5.74, 6) is 0.352. The summed E-state index contributed by atoms with van der Waals surface area (Å²) in [4.78, 5) is 24.1. The minimum absolute atomic E-state index is 0.212. The van der Waals surface area contributed by atoms with Crippen molar-refractivity contribution in [1.29, 1.82) is 0 Å². The summed E-state index contributed by atoms with van der Waals surface area (Å²) in [7, 11) is 3.60. The highest BCUT2D eigenvalue weighted by Gasteiger charge is 2.06. The van der Waals surface area contributed by atoms with E-state index in [-0.39, 0.29) is 12.5 Å². The average molecular weight is 211 g/mol. The van der Waals surface area contributed by atoms with E-state index in [0.717, 1.165) is 0 Å². The number of hydrogen-bond donors (Lipinski definition) is 2. The molecule has 7 nitrogen and oxygen atoms in total. The van der Waals surface area contributed by atoms with Gasteiger partial charge in [0.1, 0.15) is 12.4 Å². The molecule has 1 aromatic heterocycles. The molecule has 1 aromatic rings. The van der Waals surface area contributed by atoms with Crippen LogP contribution in [0.25, 0.3) is 0 Å². The molecule has 0 radical (unpaired) electrons. The van der Waals surface area contributed by atoms with Crippen molar-refractivity contribution in [3.05, 3.63) is 5.82 Å². The Kier molecular flexibility index (Phi) is 3.37. The molecule has 0 aliphatic rings. The number of hydrogen-bond acceptors (Lipinski definition) is 6. The van der Waals surface area contributed by atoms with Gasteiger partial charge in [0.05, 0.1) is 0 Å². The van der Waals surface area contributed by atoms with Crippen molar-refractivity contribution in [2.45, 2.75) is 6.92 Å². The number of carboxylic acids is 1. The summed E-state index contributed by atoms with van der Waals surface area (Å²) in [6.07, 6.45) is 0. The summed E-state index contributed by atoms with van der Waals surface area (Å²) in [5, 5.41) is 11.1. The monoisotopic (exact) mass is 211 g/mol. The van der Waals surface area contributed by atoms with Gasteiger partial charge in [0.25, 0.3) is 0 Å². The van der Waals surface area contributed by atoms with Crippen LogP contribution in [0.3, 0.4) is 0 Å². The fraction of sp³-hybridized carbons (Fsp3) is 0.500. The van der Waals surface area contributed by atoms with E-state index < -0.39 is 5.97 Å². The Bertz CT molecular complexity index is 366. The van der Waals surface area contributed by atoms with Crippen molar-refractivity contribution >= 4 is 17.9 Å². The van der Waals surface area contributed by atoms with E-state index in [1.807, 2.05) is 0 Å². The summed E-state index contributed by atoms with van der Waals surface area (Å²) in [6, 6.07) is 0. The van der Waals surface area contributed by atoms with Crippen molar-refractivity contribution in [1.82, 2.24) is 15.0 Å². The Hall–Kier alpha value is -1.92. The minimum atomic E-state index is -0.959. The molecule has 0 bridgehead atoms. The third-order valence-electron chi connectivity index (χ3n) is 1.53. The van der Waals surface area contributed by atoms with E-state index >= 15 is 0 Å². The topological polar surface area (TPSA) is 91.2 Å². The average Bonchev–Trinajstić information content (AvgIpc) is 2.13. The highest BCUT2D eigenvalue weighted by atomic mass is 16.4. The maximum atomic E-state index is 10.3. The van der Waals surface area contributed by atoms with Gasteiger partial charge in [0.15, 0.2) is 0 Å². The maximum Gasteiger partial charge on any atom is 0.322 e. The summed E-state index contributed by atoms with van der Waals surface area (Å²) < 4.78 is 0. The molecule has 0 aliphatic heterocycles. The molecule has 7 heteroatoms. The van der Waals surface area contributed by atoms with Gasteiger partial charge in [-0.05, 0) is 6.92 Å². The fourth-order valence-corrected chi connectivity index (χ4v) is 0.901. The number of rotatable bonds is 4. The highest BCUT2D eigenvalue weighted by Crippen LogP contribution is 2.06. The molecule has 82 valence electrons. The summed E-state index contributed by atoms with van der Waals surface area (Å²) in [5.41, 5.74) is 0. The lowest BCUT2D eigenvalue weighted by Gasteiger charge is -2.11. The predicted molar refractivity (Wildman–Crippen MR) is 55.0 cm³/mol. The number of aliphatic carboxylic acids is 1. The molecule has 0 fully saturated rings. The molecule has 2 N–H and O–H groups in total. The van der Waals surface area contributed by atoms with Crippen LogP contribution in [0.5, 0.6) is 0 Å². The number of nitrogens with one attached hydrogen (secondary N) is 1. The molecule has 0 spiro atoms. The van der Waals surface area contributed by atoms with Crippen molar-refractivity contribution in [3.8, 4) is 0 Å². The smallest absolute Gasteiger partial charge is 0.322 e. The van der Waals surface area contributed by atoms with Crippen molar-refractivity contribution in [2.24, 2.45) is 0 Å². The molecule has 0 aromatic carbocycles. The van der Waals surface area contributed by atoms with Gasteiger partial charge in [0, 0.05) is 14.1 Å². The molecule has 0 saturated carbocycles. The first kappa shape index (κ1) is 11.2. The first-order valence-electron chi connectivity index (χ1n) is 4.34. The van der Waals surface area contributed by atoms with E-state index in [4.69, 9.17) is 5.11 Å². The number of carbonyl (C=O) groups is 1. The maximum absolute atomic E-state index is 10.3. The van der Waals surface area contributed by atoms with Crippen LogP contribution in [0.4, 0.5) is 11.9 Å². The van der Waals surface area contributed by atoms with Crippen LogP contribution < -0.4 is 10.2 Å². The third-order valence-corrected chi connectivity index (χ3v) is 1.53. The Morgan fingerprint density at radius 2 is 2.07 bits per heavy atom. The van der Waals surface area contributed by atoms with Crippen LogP contribution >= 0.6 is 0 Å². The molecular weight excluding hydrogens is 198 g/mol. The molecule has 0 atom stereocenters. The van der Waals surface area contributed by atoms with Gasteiger partial charge < -0.3 is 15.3 Å². The zero-order valence-electron chi connectivity index (χ0n) is 8.85. The first-order valence-corrected chi connectivity index (χ1v) is 4.34. The van der Waals surface area contributed by atoms with Crippen LogP contribution in [0, 0.1) is 6.92 Å². The Morgan fingerprint density at radius 1 is 1.40 bits per heavy atom. The van der Waals surface area contributed by atoms with Crippen LogP contribution in [0.15, 0.2) is 0 Å². The van der Waals surface area contributed by atoms with E-state index in [1.54, 1.807) is 25.9 Å². The summed E-state index contributed by atoms with van der Waals surface area (Å²) in [6.45, 7) is 1.51. The number of carboxylic acid groups (broad SMARTS) is 1. The molecule has 0 unspecified atom stereocenters. The first-order chi connectivity index (χ1) is 6.99. The van der Waals surface area contributed by atoms with Crippen molar-refractivity contribution in [3.63, 3.8) is 0 Å². The SMILES string of the molecule is Cc1nc(NCC(=O)O)nc(N(C)C)n1. The largest absolute Gasteiger partial charge is 0.480 e. The molecular formula is C8H13N5O2. The molecule has 1 heterocycles. The van der Waals surface area contributed by atoms with Gasteiger partial charge in [-0.25, -0.2) is 0 Å². The summed E-state index contributed by atoms with van der Waals surface area (Å²) >= 11 is 0. The molecule has 0 aliphatic carbocycles. The van der Waals surface area contributed by atoms with E-state index in [0.29, 0.717) is 11.8 Å². The number of anilines is 2. The fourth-order valence-electron chi connectivity index (χ4n) is 0.901. The number of aryl methyl sites for hydroxylation is 1. The van der Waals surface area contributed by atoms with E-state index in [2.05, 4.69) is 20.3 Å². The molecule has 0 saturated heterocycles. The Labute approximate surface area is 87.2 Å². The second-order valence-corrected chi connectivity index (χ2v) is 3.15. The lowest BCUT2D eigenvalue weighted by atomic mass is 10.6. The molecule has 0 amide bonds. The van der Waals surface area contributed by atoms with Gasteiger partial charge in [-0.15, -0.1) is 0 Å². The van der Waals surface area contributed by atoms with Crippen molar-refractivity contribution < 1.29 is 9.90 Å². The minimum Gasteiger partial charge on any atom is -0.480 e. The Morgan fingerprint density at radius 3 is 2.60 bits per heavy atom. The van der Waals surface area contributed by atoms with Gasteiger partial charge in [-0.3, -0.25) is 4.79 Å². The van der Waals surface area contributed by atoms with Crippen LogP contribution in [-0.2, 0) is 4.79 Å². The van der Waals surface area contributed by atoms with Gasteiger partial charge in [0.2, 0.25) is 11.9 Å². The van der Waals surface area contributed by atoms with E-state index in [9.17, 15) is 4.79 Å². The van der Waals surface area contributed by atoms with Crippen LogP contribution in [-0.4, -0.2) is 46.7 Å². The zero-order chi connectivity index (χ0) is 11.4. The standard InChI is InChI=1S/C8H13N5O2/c1-5-10-7(9-4-6(14)15)12-8(11-5)13(2)3/h4H2,1-3H3,(H,14,15)(H,9,10,11,12). The quantitative estimate of drug-likeness (QED) is 0.709. The van der Waals surface area contributed by atoms with Gasteiger partial charge in [-0.2, -0.15) is 15.0 Å².